The van der Waals surface area contributed by atoms with Crippen LogP contribution in [0.3, 0.4) is 0 Å². The van der Waals surface area contributed by atoms with Gasteiger partial charge in [-0.3, -0.25) is 4.79 Å². The molecule has 1 unspecified atom stereocenters. The minimum absolute atomic E-state index is 0.00463. The number of carbonyl (C=O) groups excluding carboxylic acids is 1. The van der Waals surface area contributed by atoms with E-state index in [1.54, 1.807) is 0 Å². The third-order valence-corrected chi connectivity index (χ3v) is 2.29. The molecule has 1 aliphatic rings. The fourth-order valence-electron chi connectivity index (χ4n) is 1.55. The van der Waals surface area contributed by atoms with E-state index < -0.39 is 23.7 Å². The lowest BCUT2D eigenvalue weighted by molar-refractivity contribution is -0.145. The van der Waals surface area contributed by atoms with Crippen LogP contribution in [0.1, 0.15) is 16.8 Å². The van der Waals surface area contributed by atoms with E-state index >= 15 is 0 Å². The molecule has 84 valence electrons. The van der Waals surface area contributed by atoms with E-state index in [9.17, 15) is 14.0 Å². The van der Waals surface area contributed by atoms with E-state index in [-0.39, 0.29) is 23.4 Å². The van der Waals surface area contributed by atoms with Crippen LogP contribution in [0.15, 0.2) is 12.1 Å². The lowest BCUT2D eigenvalue weighted by atomic mass is 10.00. The Morgan fingerprint density at radius 1 is 1.56 bits per heavy atom. The maximum atomic E-state index is 13.0. The van der Waals surface area contributed by atoms with Gasteiger partial charge in [0.15, 0.2) is 11.5 Å². The average Bonchev–Trinajstić information content (AvgIpc) is 2.19. The maximum Gasteiger partial charge on any atom is 0.345 e. The van der Waals surface area contributed by atoms with Crippen LogP contribution in [-0.4, -0.2) is 23.0 Å². The number of anilines is 1. The summed E-state index contributed by atoms with van der Waals surface area (Å²) in [6, 6.07) is 1.97. The highest BCUT2D eigenvalue weighted by atomic mass is 19.1. The molecule has 1 aromatic rings. The fourth-order valence-corrected chi connectivity index (χ4v) is 1.55. The van der Waals surface area contributed by atoms with Crippen molar-refractivity contribution in [1.29, 1.82) is 0 Å². The maximum absolute atomic E-state index is 13.0. The number of fused-ring (bicyclic) bond motifs is 1. The molecule has 0 radical (unpaired) electrons. The zero-order valence-electron chi connectivity index (χ0n) is 8.07. The standard InChI is InChI=1S/C10H8FNO4/c11-4-1-5-7(13)3-8(10(14)15)16-9(5)6(12)2-4/h1-2,8H,3,12H2,(H,14,15). The van der Waals surface area contributed by atoms with Crippen molar-refractivity contribution >= 4 is 17.4 Å². The molecule has 0 fully saturated rings. The number of carboxylic acids is 1. The van der Waals surface area contributed by atoms with Crippen LogP contribution < -0.4 is 10.5 Å². The molecule has 1 heterocycles. The summed E-state index contributed by atoms with van der Waals surface area (Å²) in [5.74, 6) is -2.44. The molecule has 0 bridgehead atoms. The number of nitrogen functional groups attached to an aromatic ring is 1. The van der Waals surface area contributed by atoms with E-state index in [1.807, 2.05) is 0 Å². The number of Topliss-reactive ketones (excluding diaryl/α,β-unsaturated/α-hetero) is 1. The molecule has 3 N–H and O–H groups in total. The van der Waals surface area contributed by atoms with Crippen molar-refractivity contribution in [3.8, 4) is 5.75 Å². The van der Waals surface area contributed by atoms with Crippen molar-refractivity contribution in [1.82, 2.24) is 0 Å². The molecule has 1 aromatic carbocycles. The van der Waals surface area contributed by atoms with Crippen LogP contribution in [0.25, 0.3) is 0 Å². The topological polar surface area (TPSA) is 89.6 Å². The lowest BCUT2D eigenvalue weighted by Crippen LogP contribution is -2.34. The van der Waals surface area contributed by atoms with Gasteiger partial charge < -0.3 is 15.6 Å². The van der Waals surface area contributed by atoms with Crippen LogP contribution in [0.2, 0.25) is 0 Å². The van der Waals surface area contributed by atoms with Crippen molar-refractivity contribution in [2.24, 2.45) is 0 Å². The molecule has 0 saturated carbocycles. The van der Waals surface area contributed by atoms with Gasteiger partial charge in [0.1, 0.15) is 5.82 Å². The Kier molecular flexibility index (Phi) is 2.26. The van der Waals surface area contributed by atoms with Crippen LogP contribution in [-0.2, 0) is 4.79 Å². The molecule has 16 heavy (non-hydrogen) atoms. The number of benzene rings is 1. The Labute approximate surface area is 89.6 Å². The summed E-state index contributed by atoms with van der Waals surface area (Å²) in [6.07, 6.45) is -1.57. The van der Waals surface area contributed by atoms with Gasteiger partial charge in [-0.25, -0.2) is 9.18 Å². The van der Waals surface area contributed by atoms with Crippen LogP contribution in [0.5, 0.6) is 5.75 Å². The van der Waals surface area contributed by atoms with Gasteiger partial charge >= 0.3 is 5.97 Å². The number of hydrogen-bond donors (Lipinski definition) is 2. The Hall–Kier alpha value is -2.11. The van der Waals surface area contributed by atoms with E-state index in [2.05, 4.69) is 0 Å². The van der Waals surface area contributed by atoms with Crippen LogP contribution in [0, 0.1) is 5.82 Å². The summed E-state index contributed by atoms with van der Waals surface area (Å²) in [4.78, 5) is 22.2. The van der Waals surface area contributed by atoms with Gasteiger partial charge in [0.25, 0.3) is 0 Å². The molecule has 1 aliphatic heterocycles. The van der Waals surface area contributed by atoms with Crippen LogP contribution >= 0.6 is 0 Å². The number of ether oxygens (including phenoxy) is 1. The Bertz CT molecular complexity index is 486. The quantitative estimate of drug-likeness (QED) is 0.691. The third kappa shape index (κ3) is 1.58. The highest BCUT2D eigenvalue weighted by molar-refractivity contribution is 6.03. The molecule has 2 rings (SSSR count). The number of carboxylic acid groups (broad SMARTS) is 1. The van der Waals surface area contributed by atoms with Gasteiger partial charge in [0, 0.05) is 6.07 Å². The number of hydrogen-bond acceptors (Lipinski definition) is 4. The largest absolute Gasteiger partial charge is 0.478 e. The first-order valence-electron chi connectivity index (χ1n) is 4.50. The molecule has 0 aliphatic carbocycles. The number of rotatable bonds is 1. The normalized spacial score (nSPS) is 18.8. The number of carbonyl (C=O) groups is 2. The average molecular weight is 225 g/mol. The lowest BCUT2D eigenvalue weighted by Gasteiger charge is -2.23. The summed E-state index contributed by atoms with van der Waals surface area (Å²) >= 11 is 0. The Morgan fingerprint density at radius 3 is 2.88 bits per heavy atom. The van der Waals surface area contributed by atoms with Gasteiger partial charge in [-0.15, -0.1) is 0 Å². The molecule has 5 nitrogen and oxygen atoms in total. The van der Waals surface area contributed by atoms with Crippen molar-refractivity contribution in [3.63, 3.8) is 0 Å². The SMILES string of the molecule is Nc1cc(F)cc2c1OC(C(=O)O)CC2=O. The van der Waals surface area contributed by atoms with E-state index in [4.69, 9.17) is 15.6 Å². The fraction of sp³-hybridized carbons (Fsp3) is 0.200. The molecule has 0 aromatic heterocycles. The first kappa shape index (κ1) is 10.4. The molecule has 0 saturated heterocycles. The second kappa shape index (κ2) is 3.48. The van der Waals surface area contributed by atoms with Gasteiger partial charge in [0.05, 0.1) is 17.7 Å². The molecular weight excluding hydrogens is 217 g/mol. The summed E-state index contributed by atoms with van der Waals surface area (Å²) in [6.45, 7) is 0. The number of nitrogens with two attached hydrogens (primary N) is 1. The predicted molar refractivity (Wildman–Crippen MR) is 51.8 cm³/mol. The second-order valence-electron chi connectivity index (χ2n) is 3.44. The smallest absolute Gasteiger partial charge is 0.345 e. The van der Waals surface area contributed by atoms with E-state index in [1.165, 1.54) is 0 Å². The zero-order valence-corrected chi connectivity index (χ0v) is 8.07. The first-order chi connectivity index (χ1) is 7.49. The first-order valence-corrected chi connectivity index (χ1v) is 4.50. The summed E-state index contributed by atoms with van der Waals surface area (Å²) < 4.78 is 18.0. The predicted octanol–water partition coefficient (Wildman–Crippen LogP) is 0.826. The molecule has 6 heteroatoms. The highest BCUT2D eigenvalue weighted by Gasteiger charge is 2.32. The van der Waals surface area contributed by atoms with Crippen molar-refractivity contribution in [2.75, 3.05) is 5.73 Å². The Balaban J connectivity index is 2.50. The second-order valence-corrected chi connectivity index (χ2v) is 3.44. The highest BCUT2D eigenvalue weighted by Crippen LogP contribution is 2.34. The van der Waals surface area contributed by atoms with Gasteiger partial charge in [-0.1, -0.05) is 0 Å². The third-order valence-electron chi connectivity index (χ3n) is 2.29. The molecule has 1 atom stereocenters. The summed E-state index contributed by atoms with van der Waals surface area (Å²) in [5.41, 5.74) is 5.38. The minimum atomic E-state index is -1.26. The zero-order chi connectivity index (χ0) is 11.9. The van der Waals surface area contributed by atoms with Crippen LogP contribution in [0.4, 0.5) is 10.1 Å². The van der Waals surface area contributed by atoms with Gasteiger partial charge in [-0.05, 0) is 6.07 Å². The monoisotopic (exact) mass is 225 g/mol. The molecular formula is C10H8FNO4. The van der Waals surface area contributed by atoms with E-state index in [0.29, 0.717) is 0 Å². The van der Waals surface area contributed by atoms with Crippen molar-refractivity contribution in [3.05, 3.63) is 23.5 Å². The van der Waals surface area contributed by atoms with Gasteiger partial charge in [0.2, 0.25) is 6.10 Å². The molecule has 0 amide bonds. The number of aliphatic carboxylic acids is 1. The van der Waals surface area contributed by atoms with E-state index in [0.717, 1.165) is 12.1 Å². The molecule has 0 spiro atoms. The number of halogens is 1. The number of ketones is 1. The summed E-state index contributed by atoms with van der Waals surface area (Å²) in [7, 11) is 0. The van der Waals surface area contributed by atoms with Gasteiger partial charge in [-0.2, -0.15) is 0 Å². The van der Waals surface area contributed by atoms with Crippen molar-refractivity contribution in [2.45, 2.75) is 12.5 Å². The minimum Gasteiger partial charge on any atom is -0.478 e. The summed E-state index contributed by atoms with van der Waals surface area (Å²) in [5, 5.41) is 8.73. The van der Waals surface area contributed by atoms with Crippen molar-refractivity contribution < 1.29 is 23.8 Å². The Morgan fingerprint density at radius 2 is 2.25 bits per heavy atom.